The van der Waals surface area contributed by atoms with Gasteiger partial charge in [-0.05, 0) is 43.7 Å². The molecule has 0 spiro atoms. The molecular weight excluding hydrogens is 389 g/mol. The van der Waals surface area contributed by atoms with Crippen LogP contribution in [0.15, 0.2) is 41.4 Å². The normalized spacial score (nSPS) is 12.1. The summed E-state index contributed by atoms with van der Waals surface area (Å²) in [4.78, 5) is 4.23. The van der Waals surface area contributed by atoms with Crippen LogP contribution in [0.4, 0.5) is 4.39 Å². The van der Waals surface area contributed by atoms with Crippen LogP contribution in [0.2, 0.25) is 0 Å². The first-order chi connectivity index (χ1) is 14.5. The van der Waals surface area contributed by atoms with Gasteiger partial charge in [0.1, 0.15) is 17.7 Å². The molecule has 2 aromatic carbocycles. The van der Waals surface area contributed by atoms with E-state index in [1.165, 1.54) is 12.1 Å². The van der Waals surface area contributed by atoms with Crippen molar-refractivity contribution in [1.29, 1.82) is 0 Å². The summed E-state index contributed by atoms with van der Waals surface area (Å²) in [6, 6.07) is 9.77. The first-order valence-corrected chi connectivity index (χ1v) is 9.67. The summed E-state index contributed by atoms with van der Waals surface area (Å²) in [6.45, 7) is 3.10. The van der Waals surface area contributed by atoms with E-state index < -0.39 is 0 Å². The highest BCUT2D eigenvalue weighted by Gasteiger charge is 2.15. The van der Waals surface area contributed by atoms with Crippen LogP contribution in [0, 0.1) is 5.82 Å². The highest BCUT2D eigenvalue weighted by molar-refractivity contribution is 5.79. The Morgan fingerprint density at radius 2 is 1.67 bits per heavy atom. The summed E-state index contributed by atoms with van der Waals surface area (Å²) in [5, 5.41) is 6.49. The Bertz CT molecular complexity index is 828. The number of rotatable bonds is 10. The van der Waals surface area contributed by atoms with Crippen LogP contribution in [0.3, 0.4) is 0 Å². The summed E-state index contributed by atoms with van der Waals surface area (Å²) in [5.74, 6) is 2.84. The quantitative estimate of drug-likeness (QED) is 0.456. The number of methoxy groups -OCH3 is 3. The van der Waals surface area contributed by atoms with Crippen molar-refractivity contribution in [2.24, 2.45) is 4.99 Å². The number of hydrogen-bond acceptors (Lipinski definition) is 5. The first kappa shape index (κ1) is 23.1. The Morgan fingerprint density at radius 3 is 2.27 bits per heavy atom. The van der Waals surface area contributed by atoms with Gasteiger partial charge in [0.25, 0.3) is 0 Å². The number of nitrogens with zero attached hydrogens (tertiary/aromatic N) is 1. The van der Waals surface area contributed by atoms with Gasteiger partial charge < -0.3 is 29.6 Å². The zero-order valence-corrected chi connectivity index (χ0v) is 18.1. The Kier molecular flexibility index (Phi) is 9.05. The van der Waals surface area contributed by atoms with Crippen molar-refractivity contribution in [3.8, 4) is 23.0 Å². The minimum atomic E-state index is -0.288. The van der Waals surface area contributed by atoms with Gasteiger partial charge in [0.15, 0.2) is 17.5 Å². The second-order valence-electron chi connectivity index (χ2n) is 6.51. The molecule has 0 aliphatic carbocycles. The fraction of sp³-hybridized carbons (Fsp3) is 0.409. The van der Waals surface area contributed by atoms with Crippen LogP contribution in [0.1, 0.15) is 12.5 Å². The van der Waals surface area contributed by atoms with Crippen molar-refractivity contribution in [1.82, 2.24) is 10.6 Å². The molecule has 0 radical (unpaired) electrons. The molecule has 0 aromatic heterocycles. The Balaban J connectivity index is 1.85. The third kappa shape index (κ3) is 6.43. The molecule has 0 amide bonds. The summed E-state index contributed by atoms with van der Waals surface area (Å²) in [6.07, 6.45) is 0.575. The second-order valence-corrected chi connectivity index (χ2v) is 6.51. The van der Waals surface area contributed by atoms with Crippen molar-refractivity contribution in [2.75, 3.05) is 41.5 Å². The Labute approximate surface area is 177 Å². The van der Waals surface area contributed by atoms with E-state index in [-0.39, 0.29) is 11.9 Å². The molecule has 0 aliphatic rings. The molecule has 2 N–H and O–H groups in total. The van der Waals surface area contributed by atoms with E-state index in [4.69, 9.17) is 18.9 Å². The van der Waals surface area contributed by atoms with Crippen LogP contribution in [-0.2, 0) is 6.42 Å². The van der Waals surface area contributed by atoms with Crippen LogP contribution >= 0.6 is 0 Å². The lowest BCUT2D eigenvalue weighted by molar-refractivity contribution is 0.223. The smallest absolute Gasteiger partial charge is 0.203 e. The third-order valence-electron chi connectivity index (χ3n) is 4.40. The van der Waals surface area contributed by atoms with Gasteiger partial charge in [-0.2, -0.15) is 0 Å². The van der Waals surface area contributed by atoms with E-state index in [2.05, 4.69) is 15.6 Å². The molecule has 0 heterocycles. The number of aliphatic imine (C=N–C) groups is 1. The zero-order chi connectivity index (χ0) is 21.9. The average molecular weight is 419 g/mol. The monoisotopic (exact) mass is 419 g/mol. The van der Waals surface area contributed by atoms with E-state index in [1.807, 2.05) is 19.1 Å². The number of benzene rings is 2. The Hall–Kier alpha value is -3.16. The molecule has 8 heteroatoms. The van der Waals surface area contributed by atoms with Crippen molar-refractivity contribution in [3.05, 3.63) is 47.8 Å². The third-order valence-corrected chi connectivity index (χ3v) is 4.40. The van der Waals surface area contributed by atoms with Crippen LogP contribution < -0.4 is 29.6 Å². The summed E-state index contributed by atoms with van der Waals surface area (Å²) >= 11 is 0. The summed E-state index contributed by atoms with van der Waals surface area (Å²) < 4.78 is 35.0. The molecule has 1 atom stereocenters. The van der Waals surface area contributed by atoms with Crippen LogP contribution in [0.5, 0.6) is 23.0 Å². The molecule has 0 aliphatic heterocycles. The summed E-state index contributed by atoms with van der Waals surface area (Å²) in [7, 11) is 6.49. The van der Waals surface area contributed by atoms with Gasteiger partial charge in [0.2, 0.25) is 5.75 Å². The number of halogens is 1. The number of guanidine groups is 1. The fourth-order valence-electron chi connectivity index (χ4n) is 2.92. The van der Waals surface area contributed by atoms with E-state index in [1.54, 1.807) is 40.5 Å². The molecule has 0 saturated heterocycles. The topological polar surface area (TPSA) is 73.3 Å². The maximum Gasteiger partial charge on any atom is 0.203 e. The molecular formula is C22H30FN3O4. The largest absolute Gasteiger partial charge is 0.493 e. The van der Waals surface area contributed by atoms with Crippen molar-refractivity contribution < 1.29 is 23.3 Å². The first-order valence-electron chi connectivity index (χ1n) is 9.67. The maximum absolute atomic E-state index is 13.0. The molecule has 2 aromatic rings. The van der Waals surface area contributed by atoms with E-state index in [9.17, 15) is 4.39 Å². The Morgan fingerprint density at radius 1 is 0.967 bits per heavy atom. The molecule has 0 bridgehead atoms. The molecule has 1 unspecified atom stereocenters. The van der Waals surface area contributed by atoms with Gasteiger partial charge in [0, 0.05) is 19.2 Å². The van der Waals surface area contributed by atoms with Crippen LogP contribution in [0.25, 0.3) is 0 Å². The lowest BCUT2D eigenvalue weighted by Crippen LogP contribution is -2.42. The SMILES string of the molecule is CN=C(NCCc1ccc(OC)c(OC)c1OC)NCC(C)Oc1ccc(F)cc1. The predicted molar refractivity (Wildman–Crippen MR) is 116 cm³/mol. The minimum Gasteiger partial charge on any atom is -0.493 e. The summed E-state index contributed by atoms with van der Waals surface area (Å²) in [5.41, 5.74) is 0.992. The maximum atomic E-state index is 13.0. The van der Waals surface area contributed by atoms with Crippen LogP contribution in [-0.4, -0.2) is 53.5 Å². The standard InChI is InChI=1S/C22H30FN3O4/c1-15(30-18-9-7-17(23)8-10-18)14-26-22(24-2)25-13-12-16-6-11-19(27-3)21(29-5)20(16)28-4/h6-11,15H,12-14H2,1-5H3,(H2,24,25,26). The fourth-order valence-corrected chi connectivity index (χ4v) is 2.92. The number of hydrogen-bond donors (Lipinski definition) is 2. The molecule has 30 heavy (non-hydrogen) atoms. The van der Waals surface area contributed by atoms with Crippen molar-refractivity contribution in [2.45, 2.75) is 19.4 Å². The lowest BCUT2D eigenvalue weighted by Gasteiger charge is -2.18. The van der Waals surface area contributed by atoms with Gasteiger partial charge in [0.05, 0.1) is 27.9 Å². The zero-order valence-electron chi connectivity index (χ0n) is 18.1. The van der Waals surface area contributed by atoms with E-state index >= 15 is 0 Å². The number of nitrogens with one attached hydrogen (secondary N) is 2. The average Bonchev–Trinajstić information content (AvgIpc) is 2.76. The lowest BCUT2D eigenvalue weighted by atomic mass is 10.1. The molecule has 7 nitrogen and oxygen atoms in total. The second kappa shape index (κ2) is 11.7. The molecule has 164 valence electrons. The van der Waals surface area contributed by atoms with Gasteiger partial charge in [-0.3, -0.25) is 4.99 Å². The van der Waals surface area contributed by atoms with E-state index in [0.717, 1.165) is 5.56 Å². The van der Waals surface area contributed by atoms with E-state index in [0.29, 0.717) is 48.5 Å². The molecule has 0 saturated carbocycles. The molecule has 0 fully saturated rings. The van der Waals surface area contributed by atoms with Crippen molar-refractivity contribution >= 4 is 5.96 Å². The highest BCUT2D eigenvalue weighted by atomic mass is 19.1. The highest BCUT2D eigenvalue weighted by Crippen LogP contribution is 2.39. The van der Waals surface area contributed by atoms with Gasteiger partial charge >= 0.3 is 0 Å². The van der Waals surface area contributed by atoms with Crippen molar-refractivity contribution in [3.63, 3.8) is 0 Å². The molecule has 2 rings (SSSR count). The predicted octanol–water partition coefficient (Wildman–Crippen LogP) is 3.03. The number of ether oxygens (including phenoxy) is 4. The van der Waals surface area contributed by atoms with Gasteiger partial charge in [-0.25, -0.2) is 4.39 Å². The van der Waals surface area contributed by atoms with Gasteiger partial charge in [-0.15, -0.1) is 0 Å². The minimum absolute atomic E-state index is 0.125. The van der Waals surface area contributed by atoms with Gasteiger partial charge in [-0.1, -0.05) is 6.07 Å².